The van der Waals surface area contributed by atoms with Gasteiger partial charge in [0.25, 0.3) is 0 Å². The van der Waals surface area contributed by atoms with Gasteiger partial charge in [-0.2, -0.15) is 0 Å². The predicted molar refractivity (Wildman–Crippen MR) is 40.7 cm³/mol. The van der Waals surface area contributed by atoms with Gasteiger partial charge in [0.15, 0.2) is 11.6 Å². The van der Waals surface area contributed by atoms with Gasteiger partial charge in [0.1, 0.15) is 0 Å². The summed E-state index contributed by atoms with van der Waals surface area (Å²) in [5.74, 6) is 1.06. The summed E-state index contributed by atoms with van der Waals surface area (Å²) in [7, 11) is 0. The van der Waals surface area contributed by atoms with Crippen molar-refractivity contribution in [2.75, 3.05) is 5.73 Å². The first kappa shape index (κ1) is 6.03. The highest BCUT2D eigenvalue weighted by atomic mass is 16.5. The van der Waals surface area contributed by atoms with Gasteiger partial charge in [-0.15, -0.1) is 0 Å². The van der Waals surface area contributed by atoms with Crippen LogP contribution in [0.3, 0.4) is 0 Å². The van der Waals surface area contributed by atoms with Gasteiger partial charge in [-0.1, -0.05) is 5.16 Å². The van der Waals surface area contributed by atoms with Crippen molar-refractivity contribution < 1.29 is 4.52 Å². The number of anilines is 1. The average molecular weight is 149 g/mol. The Labute approximate surface area is 63.0 Å². The Balaban J connectivity index is 2.45. The molecule has 0 spiro atoms. The number of rotatable bonds is 1. The van der Waals surface area contributed by atoms with Crippen LogP contribution in [0.15, 0.2) is 28.9 Å². The van der Waals surface area contributed by atoms with E-state index in [-0.39, 0.29) is 0 Å². The number of aromatic amines is 1. The monoisotopic (exact) mass is 149 g/mol. The van der Waals surface area contributed by atoms with Gasteiger partial charge in [-0.05, 0) is 12.1 Å². The minimum absolute atomic E-state index is 0.398. The van der Waals surface area contributed by atoms with Gasteiger partial charge in [0.05, 0.1) is 5.69 Å². The lowest BCUT2D eigenvalue weighted by Crippen LogP contribution is -1.79. The van der Waals surface area contributed by atoms with E-state index in [4.69, 9.17) is 10.3 Å². The molecule has 2 heterocycles. The van der Waals surface area contributed by atoms with E-state index in [1.165, 1.54) is 0 Å². The number of nitrogens with two attached hydrogens (primary N) is 1. The predicted octanol–water partition coefficient (Wildman–Crippen LogP) is 1.25. The minimum Gasteiger partial charge on any atom is -0.381 e. The molecule has 0 unspecified atom stereocenters. The Hall–Kier alpha value is -1.71. The highest BCUT2D eigenvalue weighted by molar-refractivity contribution is 5.55. The second kappa shape index (κ2) is 2.16. The molecule has 0 atom stereocenters. The smallest absolute Gasteiger partial charge is 0.185 e. The Morgan fingerprint density at radius 3 is 3.00 bits per heavy atom. The van der Waals surface area contributed by atoms with Crippen molar-refractivity contribution >= 4 is 5.82 Å². The van der Waals surface area contributed by atoms with E-state index in [1.54, 1.807) is 6.07 Å². The molecule has 0 aliphatic rings. The standard InChI is InChI=1S/C7H7N3O/c8-7-4-6(11-10-7)5-2-1-3-9-5/h1-4,9H,(H2,8,10). The lowest BCUT2D eigenvalue weighted by atomic mass is 10.3. The number of hydrogen-bond donors (Lipinski definition) is 2. The summed E-state index contributed by atoms with van der Waals surface area (Å²) in [5.41, 5.74) is 6.25. The molecule has 0 saturated carbocycles. The fraction of sp³-hybridized carbons (Fsp3) is 0. The van der Waals surface area contributed by atoms with Gasteiger partial charge in [0, 0.05) is 12.3 Å². The normalized spacial score (nSPS) is 10.2. The first-order valence-corrected chi connectivity index (χ1v) is 3.22. The van der Waals surface area contributed by atoms with E-state index in [0.29, 0.717) is 11.6 Å². The molecule has 0 aliphatic heterocycles. The van der Waals surface area contributed by atoms with Crippen LogP contribution < -0.4 is 5.73 Å². The summed E-state index contributed by atoms with van der Waals surface area (Å²) in [6.45, 7) is 0. The maximum atomic E-state index is 5.37. The molecule has 0 aliphatic carbocycles. The van der Waals surface area contributed by atoms with E-state index < -0.39 is 0 Å². The number of nitrogens with zero attached hydrogens (tertiary/aromatic N) is 1. The van der Waals surface area contributed by atoms with Gasteiger partial charge in [-0.3, -0.25) is 0 Å². The summed E-state index contributed by atoms with van der Waals surface area (Å²) < 4.78 is 4.90. The molecule has 0 saturated heterocycles. The minimum atomic E-state index is 0.398. The first-order valence-electron chi connectivity index (χ1n) is 3.22. The van der Waals surface area contributed by atoms with Crippen molar-refractivity contribution in [2.24, 2.45) is 0 Å². The molecular weight excluding hydrogens is 142 g/mol. The molecule has 3 N–H and O–H groups in total. The van der Waals surface area contributed by atoms with Crippen LogP contribution in [0.1, 0.15) is 0 Å². The zero-order valence-corrected chi connectivity index (χ0v) is 5.74. The van der Waals surface area contributed by atoms with Crippen molar-refractivity contribution in [1.82, 2.24) is 10.1 Å². The van der Waals surface area contributed by atoms with E-state index in [9.17, 15) is 0 Å². The first-order chi connectivity index (χ1) is 5.36. The molecule has 0 fully saturated rings. The molecule has 11 heavy (non-hydrogen) atoms. The van der Waals surface area contributed by atoms with Crippen molar-refractivity contribution in [2.45, 2.75) is 0 Å². The summed E-state index contributed by atoms with van der Waals surface area (Å²) in [4.78, 5) is 2.98. The Kier molecular flexibility index (Phi) is 1.18. The lowest BCUT2D eigenvalue weighted by molar-refractivity contribution is 0.435. The van der Waals surface area contributed by atoms with E-state index in [1.807, 2.05) is 18.3 Å². The van der Waals surface area contributed by atoms with Gasteiger partial charge in [0.2, 0.25) is 0 Å². The van der Waals surface area contributed by atoms with Gasteiger partial charge < -0.3 is 15.2 Å². The fourth-order valence-electron chi connectivity index (χ4n) is 0.899. The van der Waals surface area contributed by atoms with Crippen molar-refractivity contribution in [3.8, 4) is 11.5 Å². The number of hydrogen-bond acceptors (Lipinski definition) is 3. The van der Waals surface area contributed by atoms with Crippen LogP contribution in [0.2, 0.25) is 0 Å². The van der Waals surface area contributed by atoms with Crippen LogP contribution in [-0.4, -0.2) is 10.1 Å². The van der Waals surface area contributed by atoms with E-state index in [2.05, 4.69) is 10.1 Å². The van der Waals surface area contributed by atoms with Crippen LogP contribution in [0, 0.1) is 0 Å². The van der Waals surface area contributed by atoms with Crippen LogP contribution in [-0.2, 0) is 0 Å². The second-order valence-electron chi connectivity index (χ2n) is 2.20. The molecule has 2 aromatic rings. The average Bonchev–Trinajstić information content (AvgIpc) is 2.55. The Bertz CT molecular complexity index is 336. The Morgan fingerprint density at radius 2 is 2.45 bits per heavy atom. The summed E-state index contributed by atoms with van der Waals surface area (Å²) in [5, 5.41) is 3.56. The molecule has 4 nitrogen and oxygen atoms in total. The van der Waals surface area contributed by atoms with Gasteiger partial charge >= 0.3 is 0 Å². The quantitative estimate of drug-likeness (QED) is 0.641. The number of nitrogen functional groups attached to an aromatic ring is 1. The SMILES string of the molecule is Nc1cc(-c2ccc[nH]2)on1. The highest BCUT2D eigenvalue weighted by Gasteiger charge is 2.03. The third-order valence-corrected chi connectivity index (χ3v) is 1.39. The number of H-pyrrole nitrogens is 1. The molecule has 2 rings (SSSR count). The molecule has 56 valence electrons. The van der Waals surface area contributed by atoms with Crippen LogP contribution in [0.25, 0.3) is 11.5 Å². The molecule has 4 heteroatoms. The molecule has 0 amide bonds. The van der Waals surface area contributed by atoms with Crippen molar-refractivity contribution in [3.05, 3.63) is 24.4 Å². The van der Waals surface area contributed by atoms with E-state index >= 15 is 0 Å². The Morgan fingerprint density at radius 1 is 1.55 bits per heavy atom. The third-order valence-electron chi connectivity index (χ3n) is 1.39. The second-order valence-corrected chi connectivity index (χ2v) is 2.20. The van der Waals surface area contributed by atoms with Gasteiger partial charge in [-0.25, -0.2) is 0 Å². The molecule has 0 bridgehead atoms. The van der Waals surface area contributed by atoms with Crippen LogP contribution in [0.5, 0.6) is 0 Å². The molecule has 2 aromatic heterocycles. The largest absolute Gasteiger partial charge is 0.381 e. The summed E-state index contributed by atoms with van der Waals surface area (Å²) in [6.07, 6.45) is 1.81. The molecular formula is C7H7N3O. The number of nitrogens with one attached hydrogen (secondary N) is 1. The highest BCUT2D eigenvalue weighted by Crippen LogP contribution is 2.18. The summed E-state index contributed by atoms with van der Waals surface area (Å²) in [6, 6.07) is 5.44. The van der Waals surface area contributed by atoms with Crippen molar-refractivity contribution in [1.29, 1.82) is 0 Å². The lowest BCUT2D eigenvalue weighted by Gasteiger charge is -1.84. The third kappa shape index (κ3) is 0.980. The number of aromatic nitrogens is 2. The van der Waals surface area contributed by atoms with E-state index in [0.717, 1.165) is 5.69 Å². The molecule has 0 aromatic carbocycles. The summed E-state index contributed by atoms with van der Waals surface area (Å²) >= 11 is 0. The topological polar surface area (TPSA) is 67.8 Å². The zero-order chi connectivity index (χ0) is 7.68. The van der Waals surface area contributed by atoms with Crippen molar-refractivity contribution in [3.63, 3.8) is 0 Å². The molecule has 0 radical (unpaired) electrons. The maximum Gasteiger partial charge on any atom is 0.185 e. The fourth-order valence-corrected chi connectivity index (χ4v) is 0.899. The van der Waals surface area contributed by atoms with Crippen LogP contribution in [0.4, 0.5) is 5.82 Å². The zero-order valence-electron chi connectivity index (χ0n) is 5.74. The maximum absolute atomic E-state index is 5.37. The van der Waals surface area contributed by atoms with Crippen LogP contribution >= 0.6 is 0 Å².